The minimum Gasteiger partial charge on any atom is -0.349 e. The Balaban J connectivity index is 1.85. The van der Waals surface area contributed by atoms with Gasteiger partial charge >= 0.3 is 0 Å². The lowest BCUT2D eigenvalue weighted by Crippen LogP contribution is -2.47. The van der Waals surface area contributed by atoms with Crippen LogP contribution in [0, 0.1) is 0 Å². The molecule has 1 aliphatic heterocycles. The van der Waals surface area contributed by atoms with Gasteiger partial charge in [0.25, 0.3) is 0 Å². The van der Waals surface area contributed by atoms with E-state index >= 15 is 0 Å². The maximum Gasteiger partial charge on any atom is 0.243 e. The highest BCUT2D eigenvalue weighted by Crippen LogP contribution is 2.09. The van der Waals surface area contributed by atoms with Crippen LogP contribution in [0.4, 0.5) is 0 Å². The summed E-state index contributed by atoms with van der Waals surface area (Å²) in [5, 5.41) is 5.51. The monoisotopic (exact) mass is 265 g/mol. The SMILES string of the molecule is O=C1CCSCC(C(=O)NCc2ccccn2)N1. The van der Waals surface area contributed by atoms with Crippen molar-refractivity contribution in [1.82, 2.24) is 15.6 Å². The van der Waals surface area contributed by atoms with E-state index in [-0.39, 0.29) is 11.8 Å². The third-order valence-corrected chi connectivity index (χ3v) is 3.64. The van der Waals surface area contributed by atoms with E-state index in [1.54, 1.807) is 18.0 Å². The van der Waals surface area contributed by atoms with Crippen molar-refractivity contribution in [2.75, 3.05) is 11.5 Å². The normalized spacial score (nSPS) is 19.8. The van der Waals surface area contributed by atoms with Gasteiger partial charge in [-0.3, -0.25) is 14.6 Å². The smallest absolute Gasteiger partial charge is 0.243 e. The summed E-state index contributed by atoms with van der Waals surface area (Å²) < 4.78 is 0. The number of pyridine rings is 1. The predicted molar refractivity (Wildman–Crippen MR) is 70.0 cm³/mol. The Hall–Kier alpha value is -1.56. The number of nitrogens with zero attached hydrogens (tertiary/aromatic N) is 1. The minimum atomic E-state index is -0.436. The number of hydrogen-bond donors (Lipinski definition) is 2. The Labute approximate surface area is 110 Å². The van der Waals surface area contributed by atoms with Gasteiger partial charge in [-0.2, -0.15) is 11.8 Å². The second-order valence-electron chi connectivity index (χ2n) is 3.98. The first-order valence-electron chi connectivity index (χ1n) is 5.80. The second kappa shape index (κ2) is 6.39. The number of amides is 2. The van der Waals surface area contributed by atoms with Crippen molar-refractivity contribution in [2.24, 2.45) is 0 Å². The van der Waals surface area contributed by atoms with Crippen molar-refractivity contribution in [2.45, 2.75) is 19.0 Å². The molecule has 1 unspecified atom stereocenters. The number of nitrogens with one attached hydrogen (secondary N) is 2. The molecule has 1 aromatic heterocycles. The van der Waals surface area contributed by atoms with Crippen LogP contribution in [-0.2, 0) is 16.1 Å². The fourth-order valence-electron chi connectivity index (χ4n) is 1.62. The zero-order chi connectivity index (χ0) is 12.8. The molecular formula is C12H15N3O2S. The van der Waals surface area contributed by atoms with Crippen LogP contribution in [0.15, 0.2) is 24.4 Å². The highest BCUT2D eigenvalue weighted by molar-refractivity contribution is 7.99. The number of carbonyl (C=O) groups excluding carboxylic acids is 2. The van der Waals surface area contributed by atoms with Crippen LogP contribution < -0.4 is 10.6 Å². The van der Waals surface area contributed by atoms with Gasteiger partial charge in [0, 0.05) is 24.1 Å². The van der Waals surface area contributed by atoms with Gasteiger partial charge < -0.3 is 10.6 Å². The van der Waals surface area contributed by atoms with E-state index in [1.807, 2.05) is 18.2 Å². The van der Waals surface area contributed by atoms with E-state index in [2.05, 4.69) is 15.6 Å². The zero-order valence-electron chi connectivity index (χ0n) is 9.89. The second-order valence-corrected chi connectivity index (χ2v) is 5.13. The fraction of sp³-hybridized carbons (Fsp3) is 0.417. The molecule has 1 atom stereocenters. The van der Waals surface area contributed by atoms with Gasteiger partial charge in [-0.05, 0) is 12.1 Å². The standard InChI is InChI=1S/C12H15N3O2S/c16-11-4-6-18-8-10(15-11)12(17)14-7-9-3-1-2-5-13-9/h1-3,5,10H,4,6-8H2,(H,14,17)(H,15,16). The highest BCUT2D eigenvalue weighted by Gasteiger charge is 2.23. The van der Waals surface area contributed by atoms with Crippen LogP contribution in [-0.4, -0.2) is 34.3 Å². The van der Waals surface area contributed by atoms with Crippen LogP contribution in [0.5, 0.6) is 0 Å². The molecule has 0 radical (unpaired) electrons. The molecular weight excluding hydrogens is 250 g/mol. The van der Waals surface area contributed by atoms with Gasteiger partial charge in [0.2, 0.25) is 11.8 Å². The molecule has 0 aliphatic carbocycles. The Bertz CT molecular complexity index is 425. The Kier molecular flexibility index (Phi) is 4.58. The first-order chi connectivity index (χ1) is 8.75. The summed E-state index contributed by atoms with van der Waals surface area (Å²) in [5.74, 6) is 1.19. The van der Waals surface area contributed by atoms with Crippen molar-refractivity contribution in [1.29, 1.82) is 0 Å². The lowest BCUT2D eigenvalue weighted by Gasteiger charge is -2.14. The van der Waals surface area contributed by atoms with E-state index in [0.29, 0.717) is 18.7 Å². The van der Waals surface area contributed by atoms with E-state index < -0.39 is 6.04 Å². The summed E-state index contributed by atoms with van der Waals surface area (Å²) in [7, 11) is 0. The third-order valence-electron chi connectivity index (χ3n) is 2.58. The van der Waals surface area contributed by atoms with Crippen molar-refractivity contribution in [3.05, 3.63) is 30.1 Å². The molecule has 2 N–H and O–H groups in total. The first-order valence-corrected chi connectivity index (χ1v) is 6.96. The lowest BCUT2D eigenvalue weighted by molar-refractivity contribution is -0.128. The van der Waals surface area contributed by atoms with Gasteiger partial charge in [0.05, 0.1) is 12.2 Å². The average molecular weight is 265 g/mol. The summed E-state index contributed by atoms with van der Waals surface area (Å²) in [5.41, 5.74) is 0.804. The quantitative estimate of drug-likeness (QED) is 0.825. The summed E-state index contributed by atoms with van der Waals surface area (Å²) >= 11 is 1.62. The van der Waals surface area contributed by atoms with Gasteiger partial charge in [-0.15, -0.1) is 0 Å². The molecule has 6 heteroatoms. The molecule has 2 rings (SSSR count). The summed E-state index contributed by atoms with van der Waals surface area (Å²) in [4.78, 5) is 27.4. The van der Waals surface area contributed by atoms with Gasteiger partial charge in [0.15, 0.2) is 0 Å². The van der Waals surface area contributed by atoms with Crippen LogP contribution in [0.3, 0.4) is 0 Å². The molecule has 2 heterocycles. The molecule has 0 spiro atoms. The molecule has 96 valence electrons. The zero-order valence-corrected chi connectivity index (χ0v) is 10.7. The van der Waals surface area contributed by atoms with E-state index in [1.165, 1.54) is 0 Å². The molecule has 18 heavy (non-hydrogen) atoms. The molecule has 0 saturated carbocycles. The number of thioether (sulfide) groups is 1. The Morgan fingerprint density at radius 2 is 2.44 bits per heavy atom. The maximum atomic E-state index is 11.9. The van der Waals surface area contributed by atoms with Crippen molar-refractivity contribution >= 4 is 23.6 Å². The number of aromatic nitrogens is 1. The summed E-state index contributed by atoms with van der Waals surface area (Å²) in [6.07, 6.45) is 2.17. The molecule has 1 aliphatic rings. The van der Waals surface area contributed by atoms with E-state index in [0.717, 1.165) is 11.4 Å². The molecule has 0 bridgehead atoms. The Morgan fingerprint density at radius 3 is 3.22 bits per heavy atom. The van der Waals surface area contributed by atoms with E-state index in [4.69, 9.17) is 0 Å². The number of carbonyl (C=O) groups is 2. The average Bonchev–Trinajstić information content (AvgIpc) is 2.62. The van der Waals surface area contributed by atoms with Crippen LogP contribution in [0.25, 0.3) is 0 Å². The first kappa shape index (κ1) is 12.9. The highest BCUT2D eigenvalue weighted by atomic mass is 32.2. The van der Waals surface area contributed by atoms with Crippen molar-refractivity contribution in [3.63, 3.8) is 0 Å². The van der Waals surface area contributed by atoms with Crippen molar-refractivity contribution < 1.29 is 9.59 Å². The maximum absolute atomic E-state index is 11.9. The third kappa shape index (κ3) is 3.73. The van der Waals surface area contributed by atoms with Crippen LogP contribution >= 0.6 is 11.8 Å². The van der Waals surface area contributed by atoms with Gasteiger partial charge in [-0.25, -0.2) is 0 Å². The molecule has 0 aromatic carbocycles. The Morgan fingerprint density at radius 1 is 1.56 bits per heavy atom. The van der Waals surface area contributed by atoms with Gasteiger partial charge in [0.1, 0.15) is 6.04 Å². The fourth-order valence-corrected chi connectivity index (χ4v) is 2.59. The van der Waals surface area contributed by atoms with Crippen LogP contribution in [0.2, 0.25) is 0 Å². The predicted octanol–water partition coefficient (Wildman–Crippen LogP) is 0.319. The molecule has 1 fully saturated rings. The molecule has 5 nitrogen and oxygen atoms in total. The number of rotatable bonds is 3. The largest absolute Gasteiger partial charge is 0.349 e. The lowest BCUT2D eigenvalue weighted by atomic mass is 10.3. The van der Waals surface area contributed by atoms with Crippen molar-refractivity contribution in [3.8, 4) is 0 Å². The molecule has 1 saturated heterocycles. The number of hydrogen-bond acceptors (Lipinski definition) is 4. The molecule has 1 aromatic rings. The summed E-state index contributed by atoms with van der Waals surface area (Å²) in [6.45, 7) is 0.386. The summed E-state index contributed by atoms with van der Waals surface area (Å²) in [6, 6.07) is 5.11. The van der Waals surface area contributed by atoms with E-state index in [9.17, 15) is 9.59 Å². The molecule has 2 amide bonds. The minimum absolute atomic E-state index is 0.0574. The topological polar surface area (TPSA) is 71.1 Å². The van der Waals surface area contributed by atoms with Gasteiger partial charge in [-0.1, -0.05) is 6.07 Å². The van der Waals surface area contributed by atoms with Crippen LogP contribution in [0.1, 0.15) is 12.1 Å².